The lowest BCUT2D eigenvalue weighted by Gasteiger charge is -2.25. The van der Waals surface area contributed by atoms with E-state index < -0.39 is 0 Å². The van der Waals surface area contributed by atoms with E-state index in [1.807, 2.05) is 30.3 Å². The van der Waals surface area contributed by atoms with Gasteiger partial charge in [0.25, 0.3) is 0 Å². The maximum Gasteiger partial charge on any atom is 0.147 e. The van der Waals surface area contributed by atoms with Crippen LogP contribution in [0, 0.1) is 17.1 Å². The molecule has 0 amide bonds. The van der Waals surface area contributed by atoms with E-state index in [1.54, 1.807) is 12.1 Å². The van der Waals surface area contributed by atoms with Crippen molar-refractivity contribution >= 4 is 11.4 Å². The van der Waals surface area contributed by atoms with Crippen molar-refractivity contribution in [3.63, 3.8) is 0 Å². The second-order valence-corrected chi connectivity index (χ2v) is 5.38. The number of nitrogen functional groups attached to an aromatic ring is 1. The average Bonchev–Trinajstić information content (AvgIpc) is 3.32. The summed E-state index contributed by atoms with van der Waals surface area (Å²) >= 11 is 0. The highest BCUT2D eigenvalue weighted by atomic mass is 19.1. The number of hydrogen-bond donors (Lipinski definition) is 1. The molecule has 1 saturated carbocycles. The first-order valence-electron chi connectivity index (χ1n) is 6.98. The molecular formula is C17H16FN3. The summed E-state index contributed by atoms with van der Waals surface area (Å²) in [6.45, 7) is 0.647. The second kappa shape index (κ2) is 5.45. The molecular weight excluding hydrogens is 265 g/mol. The van der Waals surface area contributed by atoms with Crippen LogP contribution in [0.3, 0.4) is 0 Å². The lowest BCUT2D eigenvalue weighted by molar-refractivity contribution is 0.614. The zero-order valence-corrected chi connectivity index (χ0v) is 11.6. The fourth-order valence-corrected chi connectivity index (χ4v) is 2.43. The predicted octanol–water partition coefficient (Wildman–Crippen LogP) is 3.45. The van der Waals surface area contributed by atoms with Gasteiger partial charge in [-0.2, -0.15) is 5.26 Å². The van der Waals surface area contributed by atoms with Crippen LogP contribution in [-0.4, -0.2) is 6.04 Å². The molecule has 4 heteroatoms. The molecule has 106 valence electrons. The SMILES string of the molecule is N#Cc1ccc(N(Cc2ccc(N)cc2)C2CC2)c(F)c1. The van der Waals surface area contributed by atoms with Crippen LogP contribution in [0.25, 0.3) is 0 Å². The molecule has 2 N–H and O–H groups in total. The zero-order valence-electron chi connectivity index (χ0n) is 11.6. The molecule has 0 radical (unpaired) electrons. The van der Waals surface area contributed by atoms with Gasteiger partial charge in [-0.15, -0.1) is 0 Å². The van der Waals surface area contributed by atoms with Gasteiger partial charge in [0, 0.05) is 18.3 Å². The average molecular weight is 281 g/mol. The van der Waals surface area contributed by atoms with Crippen molar-refractivity contribution in [2.75, 3.05) is 10.6 Å². The van der Waals surface area contributed by atoms with Crippen molar-refractivity contribution < 1.29 is 4.39 Å². The normalized spacial score (nSPS) is 13.7. The minimum Gasteiger partial charge on any atom is -0.399 e. The maximum absolute atomic E-state index is 14.2. The highest BCUT2D eigenvalue weighted by molar-refractivity contribution is 5.53. The van der Waals surface area contributed by atoms with Gasteiger partial charge in [-0.1, -0.05) is 12.1 Å². The maximum atomic E-state index is 14.2. The van der Waals surface area contributed by atoms with Crippen molar-refractivity contribution in [1.29, 1.82) is 5.26 Å². The van der Waals surface area contributed by atoms with E-state index in [2.05, 4.69) is 4.90 Å². The number of rotatable bonds is 4. The van der Waals surface area contributed by atoms with Crippen LogP contribution in [0.15, 0.2) is 42.5 Å². The fourth-order valence-electron chi connectivity index (χ4n) is 2.43. The Labute approximate surface area is 123 Å². The van der Waals surface area contributed by atoms with Gasteiger partial charge in [0.05, 0.1) is 17.3 Å². The van der Waals surface area contributed by atoms with Crippen LogP contribution in [0.5, 0.6) is 0 Å². The molecule has 0 spiro atoms. The number of nitrogens with zero attached hydrogens (tertiary/aromatic N) is 2. The molecule has 0 aliphatic heterocycles. The van der Waals surface area contributed by atoms with Gasteiger partial charge in [0.2, 0.25) is 0 Å². The van der Waals surface area contributed by atoms with Crippen molar-refractivity contribution in [1.82, 2.24) is 0 Å². The van der Waals surface area contributed by atoms with E-state index in [9.17, 15) is 4.39 Å². The number of halogens is 1. The van der Waals surface area contributed by atoms with Gasteiger partial charge in [0.15, 0.2) is 0 Å². The summed E-state index contributed by atoms with van der Waals surface area (Å²) in [5.41, 5.74) is 8.42. The van der Waals surface area contributed by atoms with E-state index in [0.717, 1.165) is 24.1 Å². The molecule has 0 unspecified atom stereocenters. The second-order valence-electron chi connectivity index (χ2n) is 5.38. The number of anilines is 2. The van der Waals surface area contributed by atoms with Crippen LogP contribution >= 0.6 is 0 Å². The van der Waals surface area contributed by atoms with E-state index in [-0.39, 0.29) is 5.82 Å². The Hall–Kier alpha value is -2.54. The molecule has 2 aromatic carbocycles. The Morgan fingerprint density at radius 1 is 1.19 bits per heavy atom. The number of nitrogens with two attached hydrogens (primary N) is 1. The molecule has 0 aromatic heterocycles. The summed E-state index contributed by atoms with van der Waals surface area (Å²) < 4.78 is 14.2. The minimum absolute atomic E-state index is 0.337. The smallest absolute Gasteiger partial charge is 0.147 e. The van der Waals surface area contributed by atoms with E-state index in [4.69, 9.17) is 11.0 Å². The third-order valence-corrected chi connectivity index (χ3v) is 3.71. The van der Waals surface area contributed by atoms with Gasteiger partial charge >= 0.3 is 0 Å². The first-order valence-corrected chi connectivity index (χ1v) is 6.98. The molecule has 1 fully saturated rings. The highest BCUT2D eigenvalue weighted by Crippen LogP contribution is 2.34. The molecule has 3 nitrogen and oxygen atoms in total. The molecule has 0 atom stereocenters. The number of benzene rings is 2. The van der Waals surface area contributed by atoms with E-state index in [0.29, 0.717) is 23.8 Å². The standard InChI is InChI=1S/C17H16FN3/c18-16-9-13(10-19)3-8-17(16)21(15-6-7-15)11-12-1-4-14(20)5-2-12/h1-5,8-9,15H,6-7,11,20H2. The predicted molar refractivity (Wildman–Crippen MR) is 81.2 cm³/mol. The molecule has 21 heavy (non-hydrogen) atoms. The van der Waals surface area contributed by atoms with Gasteiger partial charge in [0.1, 0.15) is 5.82 Å². The van der Waals surface area contributed by atoms with Crippen molar-refractivity contribution in [2.45, 2.75) is 25.4 Å². The van der Waals surface area contributed by atoms with Crippen molar-refractivity contribution in [3.8, 4) is 6.07 Å². The van der Waals surface area contributed by atoms with Crippen molar-refractivity contribution in [3.05, 3.63) is 59.4 Å². The molecule has 0 heterocycles. The van der Waals surface area contributed by atoms with Crippen molar-refractivity contribution in [2.24, 2.45) is 0 Å². The fraction of sp³-hybridized carbons (Fsp3) is 0.235. The summed E-state index contributed by atoms with van der Waals surface area (Å²) in [7, 11) is 0. The molecule has 0 bridgehead atoms. The lowest BCUT2D eigenvalue weighted by Crippen LogP contribution is -2.26. The van der Waals surface area contributed by atoms with Gasteiger partial charge in [-0.25, -0.2) is 4.39 Å². The molecule has 1 aliphatic rings. The number of hydrogen-bond acceptors (Lipinski definition) is 3. The molecule has 3 rings (SSSR count). The Bertz CT molecular complexity index is 684. The summed E-state index contributed by atoms with van der Waals surface area (Å²) in [6, 6.07) is 14.6. The minimum atomic E-state index is -0.337. The zero-order chi connectivity index (χ0) is 14.8. The first-order chi connectivity index (χ1) is 10.2. The van der Waals surface area contributed by atoms with E-state index >= 15 is 0 Å². The summed E-state index contributed by atoms with van der Waals surface area (Å²) in [5, 5.41) is 8.83. The third-order valence-electron chi connectivity index (χ3n) is 3.71. The summed E-state index contributed by atoms with van der Waals surface area (Å²) in [6.07, 6.45) is 2.16. The third kappa shape index (κ3) is 2.97. The van der Waals surface area contributed by atoms with Crippen LogP contribution < -0.4 is 10.6 Å². The van der Waals surface area contributed by atoms with Crippen LogP contribution in [0.4, 0.5) is 15.8 Å². The van der Waals surface area contributed by atoms with Crippen LogP contribution in [0.2, 0.25) is 0 Å². The van der Waals surface area contributed by atoms with Gasteiger partial charge < -0.3 is 10.6 Å². The Morgan fingerprint density at radius 2 is 1.90 bits per heavy atom. The Balaban J connectivity index is 1.88. The molecule has 0 saturated heterocycles. The van der Waals surface area contributed by atoms with Gasteiger partial charge in [-0.05, 0) is 48.7 Å². The molecule has 1 aliphatic carbocycles. The molecule has 2 aromatic rings. The number of nitriles is 1. The Kier molecular flexibility index (Phi) is 3.49. The Morgan fingerprint density at radius 3 is 2.48 bits per heavy atom. The largest absolute Gasteiger partial charge is 0.399 e. The van der Waals surface area contributed by atoms with E-state index in [1.165, 1.54) is 6.07 Å². The van der Waals surface area contributed by atoms with Gasteiger partial charge in [-0.3, -0.25) is 0 Å². The summed E-state index contributed by atoms with van der Waals surface area (Å²) in [4.78, 5) is 2.07. The topological polar surface area (TPSA) is 53.0 Å². The monoisotopic (exact) mass is 281 g/mol. The quantitative estimate of drug-likeness (QED) is 0.873. The van der Waals surface area contributed by atoms with Crippen LogP contribution in [-0.2, 0) is 6.54 Å². The first kappa shape index (κ1) is 13.4. The lowest BCUT2D eigenvalue weighted by atomic mass is 10.1. The highest BCUT2D eigenvalue weighted by Gasteiger charge is 2.30. The van der Waals surface area contributed by atoms with Crippen LogP contribution in [0.1, 0.15) is 24.0 Å². The summed E-state index contributed by atoms with van der Waals surface area (Å²) in [5.74, 6) is -0.337.